The van der Waals surface area contributed by atoms with E-state index in [2.05, 4.69) is 15.6 Å². The number of carbonyl (C=O) groups excluding carboxylic acids is 1. The van der Waals surface area contributed by atoms with Crippen molar-refractivity contribution in [3.05, 3.63) is 53.1 Å². The van der Waals surface area contributed by atoms with Gasteiger partial charge in [-0.15, -0.1) is 0 Å². The molecule has 0 radical (unpaired) electrons. The molecular formula is C20H24ClFN4O3. The molecule has 1 aromatic heterocycles. The highest BCUT2D eigenvalue weighted by atomic mass is 35.5. The minimum atomic E-state index is -0.481. The third kappa shape index (κ3) is 5.56. The zero-order chi connectivity index (χ0) is 20.8. The molecule has 1 aliphatic heterocycles. The Morgan fingerprint density at radius 1 is 1.41 bits per heavy atom. The molecule has 0 spiro atoms. The molecule has 7 nitrogen and oxygen atoms in total. The van der Waals surface area contributed by atoms with Crippen LogP contribution in [0.2, 0.25) is 5.02 Å². The SMILES string of the molecule is COc1cnc([C@@H]2CN(CCO)CC[C@H]2NC(=O)Nc2ccc(Cl)cc2)c(F)c1. The fraction of sp³-hybridized carbons (Fsp3) is 0.400. The van der Waals surface area contributed by atoms with Crippen LogP contribution in [0.5, 0.6) is 5.75 Å². The number of methoxy groups -OCH3 is 1. The van der Waals surface area contributed by atoms with E-state index in [1.165, 1.54) is 19.4 Å². The van der Waals surface area contributed by atoms with Crippen molar-refractivity contribution >= 4 is 23.3 Å². The van der Waals surface area contributed by atoms with Gasteiger partial charge in [-0.2, -0.15) is 0 Å². The Balaban J connectivity index is 1.75. The Bertz CT molecular complexity index is 837. The van der Waals surface area contributed by atoms with Crippen LogP contribution in [0.1, 0.15) is 18.0 Å². The number of rotatable bonds is 6. The van der Waals surface area contributed by atoms with E-state index in [0.717, 1.165) is 0 Å². The lowest BCUT2D eigenvalue weighted by Gasteiger charge is -2.38. The van der Waals surface area contributed by atoms with E-state index in [0.29, 0.717) is 42.5 Å². The number of nitrogens with one attached hydrogen (secondary N) is 2. The van der Waals surface area contributed by atoms with E-state index in [4.69, 9.17) is 16.3 Å². The van der Waals surface area contributed by atoms with Gasteiger partial charge in [0, 0.05) is 48.4 Å². The molecule has 0 bridgehead atoms. The maximum Gasteiger partial charge on any atom is 0.319 e. The number of hydrogen-bond acceptors (Lipinski definition) is 5. The summed E-state index contributed by atoms with van der Waals surface area (Å²) < 4.78 is 19.7. The minimum absolute atomic E-state index is 0.0143. The van der Waals surface area contributed by atoms with Gasteiger partial charge < -0.3 is 25.4 Å². The minimum Gasteiger partial charge on any atom is -0.495 e. The fourth-order valence-electron chi connectivity index (χ4n) is 3.50. The molecule has 0 aliphatic carbocycles. The van der Waals surface area contributed by atoms with Gasteiger partial charge in [-0.25, -0.2) is 9.18 Å². The van der Waals surface area contributed by atoms with Gasteiger partial charge in [-0.1, -0.05) is 11.6 Å². The Hall–Kier alpha value is -2.42. The van der Waals surface area contributed by atoms with Crippen LogP contribution in [0.15, 0.2) is 36.5 Å². The van der Waals surface area contributed by atoms with E-state index in [1.807, 2.05) is 4.90 Å². The Kier molecular flexibility index (Phi) is 7.24. The number of aliphatic hydroxyl groups is 1. The van der Waals surface area contributed by atoms with Crippen molar-refractivity contribution in [3.63, 3.8) is 0 Å². The molecule has 2 heterocycles. The second-order valence-corrected chi connectivity index (χ2v) is 7.31. The van der Waals surface area contributed by atoms with Gasteiger partial charge in [-0.3, -0.25) is 4.98 Å². The highest BCUT2D eigenvalue weighted by Crippen LogP contribution is 2.29. The Morgan fingerprint density at radius 2 is 2.17 bits per heavy atom. The van der Waals surface area contributed by atoms with E-state index in [-0.39, 0.29) is 30.3 Å². The van der Waals surface area contributed by atoms with Gasteiger partial charge in [0.05, 0.1) is 25.6 Å². The van der Waals surface area contributed by atoms with Crippen LogP contribution < -0.4 is 15.4 Å². The summed E-state index contributed by atoms with van der Waals surface area (Å²) in [5, 5.41) is 15.5. The van der Waals surface area contributed by atoms with Crippen LogP contribution in [0.25, 0.3) is 0 Å². The summed E-state index contributed by atoms with van der Waals surface area (Å²) in [6, 6.07) is 7.37. The van der Waals surface area contributed by atoms with Crippen molar-refractivity contribution in [2.45, 2.75) is 18.4 Å². The summed E-state index contributed by atoms with van der Waals surface area (Å²) in [6.45, 7) is 1.65. The van der Waals surface area contributed by atoms with E-state index in [9.17, 15) is 14.3 Å². The predicted molar refractivity (Wildman–Crippen MR) is 109 cm³/mol. The van der Waals surface area contributed by atoms with Gasteiger partial charge in [0.15, 0.2) is 0 Å². The second kappa shape index (κ2) is 9.87. The summed E-state index contributed by atoms with van der Waals surface area (Å²) in [6.07, 6.45) is 2.07. The van der Waals surface area contributed by atoms with Gasteiger partial charge in [0.25, 0.3) is 0 Å². The van der Waals surface area contributed by atoms with Crippen LogP contribution in [0.4, 0.5) is 14.9 Å². The summed E-state index contributed by atoms with van der Waals surface area (Å²) in [7, 11) is 1.45. The molecule has 2 atom stereocenters. The number of hydrogen-bond donors (Lipinski definition) is 3. The number of aliphatic hydroxyl groups excluding tert-OH is 1. The predicted octanol–water partition coefficient (Wildman–Crippen LogP) is 2.85. The average molecular weight is 423 g/mol. The molecule has 2 amide bonds. The molecule has 1 aromatic carbocycles. The van der Waals surface area contributed by atoms with Crippen molar-refractivity contribution in [2.24, 2.45) is 0 Å². The third-order valence-corrected chi connectivity index (χ3v) is 5.22. The fourth-order valence-corrected chi connectivity index (χ4v) is 3.62. The van der Waals surface area contributed by atoms with Crippen molar-refractivity contribution in [1.29, 1.82) is 0 Å². The Morgan fingerprint density at radius 3 is 2.83 bits per heavy atom. The molecule has 9 heteroatoms. The van der Waals surface area contributed by atoms with Crippen LogP contribution in [-0.2, 0) is 0 Å². The molecule has 29 heavy (non-hydrogen) atoms. The molecule has 1 aliphatic rings. The van der Waals surface area contributed by atoms with Gasteiger partial charge in [0.1, 0.15) is 11.6 Å². The van der Waals surface area contributed by atoms with Crippen LogP contribution in [0, 0.1) is 5.82 Å². The topological polar surface area (TPSA) is 86.7 Å². The zero-order valence-electron chi connectivity index (χ0n) is 16.1. The van der Waals surface area contributed by atoms with E-state index < -0.39 is 5.82 Å². The van der Waals surface area contributed by atoms with Crippen LogP contribution >= 0.6 is 11.6 Å². The molecule has 0 saturated carbocycles. The number of urea groups is 1. The number of aromatic nitrogens is 1. The molecule has 2 aromatic rings. The van der Waals surface area contributed by atoms with Gasteiger partial charge >= 0.3 is 6.03 Å². The number of β-amino-alcohol motifs (C(OH)–C–C–N with tert-alkyl or cyclic N) is 1. The lowest BCUT2D eigenvalue weighted by atomic mass is 9.88. The van der Waals surface area contributed by atoms with E-state index >= 15 is 0 Å². The van der Waals surface area contributed by atoms with Crippen molar-refractivity contribution in [2.75, 3.05) is 38.7 Å². The lowest BCUT2D eigenvalue weighted by Crippen LogP contribution is -2.51. The molecule has 0 unspecified atom stereocenters. The van der Waals surface area contributed by atoms with Gasteiger partial charge in [0.2, 0.25) is 0 Å². The first-order valence-electron chi connectivity index (χ1n) is 9.36. The number of amides is 2. The Labute approximate surface area is 173 Å². The number of pyridine rings is 1. The van der Waals surface area contributed by atoms with Crippen molar-refractivity contribution in [1.82, 2.24) is 15.2 Å². The summed E-state index contributed by atoms with van der Waals surface area (Å²) in [5.74, 6) is -0.512. The first-order chi connectivity index (χ1) is 14.0. The number of nitrogens with zero attached hydrogens (tertiary/aromatic N) is 2. The van der Waals surface area contributed by atoms with Crippen molar-refractivity contribution < 1.29 is 19.0 Å². The normalized spacial score (nSPS) is 19.6. The third-order valence-electron chi connectivity index (χ3n) is 4.96. The zero-order valence-corrected chi connectivity index (χ0v) is 16.8. The lowest BCUT2D eigenvalue weighted by molar-refractivity contribution is 0.140. The molecule has 3 rings (SSSR count). The maximum absolute atomic E-state index is 14.7. The average Bonchev–Trinajstić information content (AvgIpc) is 2.71. The molecular weight excluding hydrogens is 399 g/mol. The molecule has 156 valence electrons. The second-order valence-electron chi connectivity index (χ2n) is 6.87. The van der Waals surface area contributed by atoms with Crippen LogP contribution in [-0.4, -0.2) is 60.4 Å². The highest BCUT2D eigenvalue weighted by Gasteiger charge is 2.34. The smallest absolute Gasteiger partial charge is 0.319 e. The molecule has 3 N–H and O–H groups in total. The first kappa shape index (κ1) is 21.3. The number of carbonyl (C=O) groups is 1. The van der Waals surface area contributed by atoms with Crippen LogP contribution in [0.3, 0.4) is 0 Å². The molecule has 1 fully saturated rings. The quantitative estimate of drug-likeness (QED) is 0.666. The summed E-state index contributed by atoms with van der Waals surface area (Å²) >= 11 is 5.86. The largest absolute Gasteiger partial charge is 0.495 e. The summed E-state index contributed by atoms with van der Waals surface area (Å²) in [4.78, 5) is 18.8. The number of piperidine rings is 1. The first-order valence-corrected chi connectivity index (χ1v) is 9.73. The maximum atomic E-state index is 14.7. The molecule has 1 saturated heterocycles. The van der Waals surface area contributed by atoms with Gasteiger partial charge in [-0.05, 0) is 30.7 Å². The highest BCUT2D eigenvalue weighted by molar-refractivity contribution is 6.30. The standard InChI is InChI=1S/C20H24ClFN4O3/c1-29-15-10-17(22)19(23-11-15)16-12-26(8-9-27)7-6-18(16)25-20(28)24-14-4-2-13(21)3-5-14/h2-5,10-11,16,18,27H,6-9,12H2,1H3,(H2,24,25,28)/t16-,18-/m1/s1. The number of benzene rings is 1. The number of halogens is 2. The summed E-state index contributed by atoms with van der Waals surface area (Å²) in [5.41, 5.74) is 0.875. The monoisotopic (exact) mass is 422 g/mol. The number of anilines is 1. The number of likely N-dealkylation sites (tertiary alicyclic amines) is 1. The number of ether oxygens (including phenoxy) is 1. The van der Waals surface area contributed by atoms with E-state index in [1.54, 1.807) is 24.3 Å². The van der Waals surface area contributed by atoms with Crippen molar-refractivity contribution in [3.8, 4) is 5.75 Å².